The molecule has 9 heteroatoms. The third-order valence-corrected chi connectivity index (χ3v) is 8.00. The zero-order valence-corrected chi connectivity index (χ0v) is 23.7. The Bertz CT molecular complexity index is 1260. The molecule has 2 aliphatic heterocycles. The number of unbranched alkanes of at least 4 members (excludes halogenated alkanes) is 2. The maximum absolute atomic E-state index is 9.10. The van der Waals surface area contributed by atoms with Gasteiger partial charge in [-0.25, -0.2) is 14.6 Å². The number of carboxylic acid groups (broad SMARTS) is 2. The Morgan fingerprint density at radius 1 is 0.925 bits per heavy atom. The van der Waals surface area contributed by atoms with Crippen LogP contribution in [-0.4, -0.2) is 62.8 Å². The van der Waals surface area contributed by atoms with E-state index in [2.05, 4.69) is 71.1 Å². The van der Waals surface area contributed by atoms with Crippen LogP contribution in [-0.2, 0) is 40.1 Å². The van der Waals surface area contributed by atoms with E-state index in [4.69, 9.17) is 41.1 Å². The fraction of sp³-hybridized carbons (Fsp3) is 0.452. The van der Waals surface area contributed by atoms with Gasteiger partial charge in [0.25, 0.3) is 0 Å². The van der Waals surface area contributed by atoms with Gasteiger partial charge in [-0.3, -0.25) is 0 Å². The third-order valence-electron chi connectivity index (χ3n) is 7.58. The molecule has 0 aliphatic carbocycles. The molecular weight excluding hydrogens is 530 g/mol. The van der Waals surface area contributed by atoms with Crippen LogP contribution in [0, 0.1) is 0 Å². The average molecular weight is 568 g/mol. The van der Waals surface area contributed by atoms with E-state index in [0.29, 0.717) is 0 Å². The number of benzene rings is 2. The topological polar surface area (TPSA) is 105 Å². The van der Waals surface area contributed by atoms with Crippen molar-refractivity contribution in [3.8, 4) is 0 Å². The predicted molar refractivity (Wildman–Crippen MR) is 154 cm³/mol. The van der Waals surface area contributed by atoms with Gasteiger partial charge < -0.3 is 24.4 Å². The lowest BCUT2D eigenvalue weighted by molar-refractivity contribution is -0.159. The van der Waals surface area contributed by atoms with Gasteiger partial charge in [-0.15, -0.1) is 0 Å². The van der Waals surface area contributed by atoms with E-state index < -0.39 is 11.9 Å². The van der Waals surface area contributed by atoms with E-state index in [1.54, 1.807) is 0 Å². The number of likely N-dealkylation sites (tertiary alicyclic amines) is 1. The third kappa shape index (κ3) is 7.93. The minimum Gasteiger partial charge on any atom is -0.473 e. The summed E-state index contributed by atoms with van der Waals surface area (Å²) in [6.07, 6.45) is 8.78. The number of ether oxygens (including phenoxy) is 1. The van der Waals surface area contributed by atoms with Crippen LogP contribution in [0.3, 0.4) is 0 Å². The molecule has 2 aliphatic rings. The molecule has 40 heavy (non-hydrogen) atoms. The molecule has 3 heterocycles. The molecule has 0 bridgehead atoms. The van der Waals surface area contributed by atoms with Crippen LogP contribution in [0.15, 0.2) is 54.6 Å². The maximum Gasteiger partial charge on any atom is 0.414 e. The van der Waals surface area contributed by atoms with Crippen molar-refractivity contribution in [1.82, 2.24) is 14.5 Å². The molecule has 0 amide bonds. The lowest BCUT2D eigenvalue weighted by Gasteiger charge is -2.32. The monoisotopic (exact) mass is 567 g/mol. The fourth-order valence-electron chi connectivity index (χ4n) is 5.35. The van der Waals surface area contributed by atoms with Crippen molar-refractivity contribution in [3.05, 3.63) is 88.0 Å². The molecule has 1 aromatic heterocycles. The van der Waals surface area contributed by atoms with Crippen molar-refractivity contribution in [2.24, 2.45) is 0 Å². The predicted octanol–water partition coefficient (Wildman–Crippen LogP) is 5.40. The number of nitrogens with zero attached hydrogens (tertiary/aromatic N) is 3. The fourth-order valence-corrected chi connectivity index (χ4v) is 5.66. The van der Waals surface area contributed by atoms with Crippen LogP contribution >= 0.6 is 11.6 Å². The van der Waals surface area contributed by atoms with Crippen LogP contribution in [0.2, 0.25) is 5.15 Å². The first kappa shape index (κ1) is 29.8. The van der Waals surface area contributed by atoms with E-state index in [1.807, 2.05) is 0 Å². The van der Waals surface area contributed by atoms with Gasteiger partial charge in [-0.05, 0) is 68.7 Å². The average Bonchev–Trinajstić information content (AvgIpc) is 3.18. The van der Waals surface area contributed by atoms with Gasteiger partial charge in [0.05, 0.1) is 11.8 Å². The summed E-state index contributed by atoms with van der Waals surface area (Å²) < 4.78 is 9.03. The van der Waals surface area contributed by atoms with Crippen molar-refractivity contribution in [2.75, 3.05) is 20.1 Å². The molecule has 2 aromatic carbocycles. The van der Waals surface area contributed by atoms with Crippen molar-refractivity contribution < 1.29 is 24.5 Å². The van der Waals surface area contributed by atoms with Crippen LogP contribution in [0.5, 0.6) is 0 Å². The zero-order chi connectivity index (χ0) is 28.5. The molecule has 5 rings (SSSR count). The number of hydrogen-bond acceptors (Lipinski definition) is 5. The van der Waals surface area contributed by atoms with Gasteiger partial charge in [0, 0.05) is 19.6 Å². The summed E-state index contributed by atoms with van der Waals surface area (Å²) in [4.78, 5) is 25.7. The molecule has 1 fully saturated rings. The molecule has 1 unspecified atom stereocenters. The largest absolute Gasteiger partial charge is 0.473 e. The van der Waals surface area contributed by atoms with Gasteiger partial charge >= 0.3 is 11.9 Å². The SMILES string of the molecule is CN1CCC(OC2c3ccccc3CCn3c2nc(CCCCCc2ccccc2)c3Cl)CC1.O=C(O)C(=O)O. The summed E-state index contributed by atoms with van der Waals surface area (Å²) in [6.45, 7) is 3.03. The number of aromatic nitrogens is 2. The van der Waals surface area contributed by atoms with E-state index in [-0.39, 0.29) is 12.2 Å². The van der Waals surface area contributed by atoms with E-state index in [9.17, 15) is 0 Å². The highest BCUT2D eigenvalue weighted by Gasteiger charge is 2.32. The Balaban J connectivity index is 0.000000557. The standard InChI is InChI=1S/C29H36ClN3O.C2H2O4/c1-32-19-17-24(18-20-32)34-27-25-14-9-8-13-23(25)16-21-33-28(30)26(31-29(27)33)15-7-3-6-12-22-10-4-2-5-11-22;3-1(4)2(5)6/h2,4-5,8-11,13-14,24,27H,3,6-7,12,15-21H2,1H3;(H,3,4)(H,5,6). The summed E-state index contributed by atoms with van der Waals surface area (Å²) >= 11 is 6.93. The van der Waals surface area contributed by atoms with E-state index in [1.165, 1.54) is 29.5 Å². The molecule has 0 radical (unpaired) electrons. The minimum atomic E-state index is -1.82. The number of carbonyl (C=O) groups is 2. The van der Waals surface area contributed by atoms with Gasteiger partial charge in [-0.2, -0.15) is 0 Å². The Kier molecular flexibility index (Phi) is 10.7. The van der Waals surface area contributed by atoms with Gasteiger partial charge in [-0.1, -0.05) is 72.6 Å². The summed E-state index contributed by atoms with van der Waals surface area (Å²) in [5.41, 5.74) is 5.07. The summed E-state index contributed by atoms with van der Waals surface area (Å²) in [7, 11) is 2.19. The van der Waals surface area contributed by atoms with Crippen molar-refractivity contribution >= 4 is 23.5 Å². The van der Waals surface area contributed by atoms with Gasteiger partial charge in [0.2, 0.25) is 0 Å². The lowest BCUT2D eigenvalue weighted by atomic mass is 10.00. The molecule has 8 nitrogen and oxygen atoms in total. The van der Waals surface area contributed by atoms with Crippen molar-refractivity contribution in [1.29, 1.82) is 0 Å². The number of aryl methyl sites for hydroxylation is 3. The van der Waals surface area contributed by atoms with E-state index in [0.717, 1.165) is 74.8 Å². The Labute approximate surface area is 240 Å². The number of hydrogen-bond donors (Lipinski definition) is 2. The highest BCUT2D eigenvalue weighted by molar-refractivity contribution is 6.30. The Morgan fingerprint density at radius 2 is 1.57 bits per heavy atom. The number of rotatable bonds is 8. The second-order valence-corrected chi connectivity index (χ2v) is 10.8. The summed E-state index contributed by atoms with van der Waals surface area (Å²) in [5.74, 6) is -2.65. The van der Waals surface area contributed by atoms with Crippen molar-refractivity contribution in [2.45, 2.75) is 70.1 Å². The van der Waals surface area contributed by atoms with Crippen LogP contribution in [0.4, 0.5) is 0 Å². The number of aliphatic carboxylic acids is 2. The zero-order valence-electron chi connectivity index (χ0n) is 23.0. The Hall–Kier alpha value is -3.20. The molecule has 2 N–H and O–H groups in total. The van der Waals surface area contributed by atoms with E-state index >= 15 is 0 Å². The number of carboxylic acids is 2. The van der Waals surface area contributed by atoms with Crippen LogP contribution in [0.1, 0.15) is 66.4 Å². The first-order valence-electron chi connectivity index (χ1n) is 14.0. The lowest BCUT2D eigenvalue weighted by Crippen LogP contribution is -2.35. The second-order valence-electron chi connectivity index (χ2n) is 10.5. The van der Waals surface area contributed by atoms with Gasteiger partial charge in [0.1, 0.15) is 17.1 Å². The number of imidazole rings is 1. The molecule has 1 atom stereocenters. The Morgan fingerprint density at radius 3 is 2.27 bits per heavy atom. The number of fused-ring (bicyclic) bond motifs is 2. The molecule has 214 valence electrons. The number of piperidine rings is 1. The normalized spacial score (nSPS) is 17.2. The second kappa shape index (κ2) is 14.4. The smallest absolute Gasteiger partial charge is 0.414 e. The minimum absolute atomic E-state index is 0.142. The molecular formula is C31H38ClN3O5. The maximum atomic E-state index is 9.10. The summed E-state index contributed by atoms with van der Waals surface area (Å²) in [6, 6.07) is 19.4. The first-order valence-corrected chi connectivity index (χ1v) is 14.4. The quantitative estimate of drug-likeness (QED) is 0.277. The van der Waals surface area contributed by atoms with Crippen LogP contribution in [0.25, 0.3) is 0 Å². The molecule has 0 saturated carbocycles. The highest BCUT2D eigenvalue weighted by atomic mass is 35.5. The molecule has 0 spiro atoms. The van der Waals surface area contributed by atoms with Gasteiger partial charge in [0.15, 0.2) is 0 Å². The summed E-state index contributed by atoms with van der Waals surface area (Å²) in [5, 5.41) is 15.6. The highest BCUT2D eigenvalue weighted by Crippen LogP contribution is 2.37. The van der Waals surface area contributed by atoms with Crippen molar-refractivity contribution in [3.63, 3.8) is 0 Å². The number of halogens is 1. The van der Waals surface area contributed by atoms with Crippen LogP contribution < -0.4 is 0 Å². The molecule has 1 saturated heterocycles. The first-order chi connectivity index (χ1) is 19.3. The molecule has 3 aromatic rings.